The third kappa shape index (κ3) is 7.25. The zero-order chi connectivity index (χ0) is 28.2. The predicted molar refractivity (Wildman–Crippen MR) is 145 cm³/mol. The maximum atomic E-state index is 13.9. The Morgan fingerprint density at radius 1 is 1.11 bits per heavy atom. The van der Waals surface area contributed by atoms with Crippen LogP contribution >= 0.6 is 0 Å². The van der Waals surface area contributed by atoms with E-state index in [0.717, 1.165) is 11.1 Å². The zero-order valence-electron chi connectivity index (χ0n) is 23.2. The molecule has 3 rings (SSSR count). The average Bonchev–Trinajstić information content (AvgIpc) is 3.56. The highest BCUT2D eigenvalue weighted by molar-refractivity contribution is 5.99. The normalized spacial score (nSPS) is 18.1. The van der Waals surface area contributed by atoms with E-state index in [9.17, 15) is 19.5 Å². The molecule has 2 aromatic rings. The average molecular weight is 526 g/mol. The van der Waals surface area contributed by atoms with Crippen molar-refractivity contribution < 1.29 is 29.0 Å². The molecule has 38 heavy (non-hydrogen) atoms. The number of hydrogen-bond acceptors (Lipinski definition) is 6. The smallest absolute Gasteiger partial charge is 0.408 e. The van der Waals surface area contributed by atoms with Gasteiger partial charge in [-0.3, -0.25) is 9.59 Å². The van der Waals surface area contributed by atoms with Crippen LogP contribution in [0.4, 0.5) is 10.5 Å². The van der Waals surface area contributed by atoms with Crippen LogP contribution in [0.5, 0.6) is 5.75 Å². The topological polar surface area (TPSA) is 117 Å². The first-order valence-corrected chi connectivity index (χ1v) is 12.8. The third-order valence-corrected chi connectivity index (χ3v) is 6.45. The molecular formula is C29H39N3O6. The molecule has 4 atom stereocenters. The minimum absolute atomic E-state index is 0.155. The van der Waals surface area contributed by atoms with Gasteiger partial charge in [-0.1, -0.05) is 30.7 Å². The molecule has 0 saturated heterocycles. The Balaban J connectivity index is 2.00. The van der Waals surface area contributed by atoms with Gasteiger partial charge in [0.25, 0.3) is 5.91 Å². The van der Waals surface area contributed by atoms with E-state index < -0.39 is 42.2 Å². The van der Waals surface area contributed by atoms with Crippen LogP contribution in [0.2, 0.25) is 0 Å². The van der Waals surface area contributed by atoms with Gasteiger partial charge in [-0.15, -0.1) is 0 Å². The molecule has 3 N–H and O–H groups in total. The second kappa shape index (κ2) is 11.9. The summed E-state index contributed by atoms with van der Waals surface area (Å²) < 4.78 is 10.5. The quantitative estimate of drug-likeness (QED) is 0.454. The second-order valence-electron chi connectivity index (χ2n) is 10.9. The van der Waals surface area contributed by atoms with Gasteiger partial charge in [-0.2, -0.15) is 0 Å². The molecule has 0 heterocycles. The molecule has 9 heteroatoms. The molecule has 4 unspecified atom stereocenters. The Morgan fingerprint density at radius 2 is 1.74 bits per heavy atom. The molecule has 206 valence electrons. The zero-order valence-corrected chi connectivity index (χ0v) is 23.2. The molecule has 9 nitrogen and oxygen atoms in total. The SMILES string of the molecule is COc1ccc(NC(=O)C(c2ccc(C)cc2C)N(C(=O)C(CO)NC(=O)OC(C)(C)C)C2CC2C)cc1. The predicted octanol–water partition coefficient (Wildman–Crippen LogP) is 4.11. The molecule has 0 radical (unpaired) electrons. The van der Waals surface area contributed by atoms with Crippen LogP contribution in [0.25, 0.3) is 0 Å². The Kier molecular flexibility index (Phi) is 9.04. The molecule has 1 aliphatic rings. The van der Waals surface area contributed by atoms with Gasteiger partial charge in [0.2, 0.25) is 5.91 Å². The number of hydrogen-bond donors (Lipinski definition) is 3. The highest BCUT2D eigenvalue weighted by atomic mass is 16.6. The monoisotopic (exact) mass is 525 g/mol. The first-order chi connectivity index (χ1) is 17.8. The molecule has 0 spiro atoms. The number of nitrogens with one attached hydrogen (secondary N) is 2. The fraction of sp³-hybridized carbons (Fsp3) is 0.483. The molecule has 3 amide bonds. The van der Waals surface area contributed by atoms with E-state index in [-0.39, 0.29) is 12.0 Å². The molecule has 0 aliphatic heterocycles. The summed E-state index contributed by atoms with van der Waals surface area (Å²) in [6.45, 7) is 10.3. The van der Waals surface area contributed by atoms with Gasteiger partial charge < -0.3 is 30.1 Å². The summed E-state index contributed by atoms with van der Waals surface area (Å²) >= 11 is 0. The first kappa shape index (κ1) is 29.0. The maximum absolute atomic E-state index is 13.9. The third-order valence-electron chi connectivity index (χ3n) is 6.45. The highest BCUT2D eigenvalue weighted by Crippen LogP contribution is 2.41. The van der Waals surface area contributed by atoms with Gasteiger partial charge in [0.1, 0.15) is 23.4 Å². The van der Waals surface area contributed by atoms with Crippen molar-refractivity contribution in [3.63, 3.8) is 0 Å². The Hall–Kier alpha value is -3.59. The second-order valence-corrected chi connectivity index (χ2v) is 10.9. The fourth-order valence-electron chi connectivity index (χ4n) is 4.42. The van der Waals surface area contributed by atoms with Crippen LogP contribution in [-0.2, 0) is 14.3 Å². The number of carbonyl (C=O) groups excluding carboxylic acids is 3. The number of aliphatic hydroxyl groups excluding tert-OH is 1. The van der Waals surface area contributed by atoms with Gasteiger partial charge in [-0.05, 0) is 82.3 Å². The van der Waals surface area contributed by atoms with E-state index >= 15 is 0 Å². The molecule has 1 aliphatic carbocycles. The Bertz CT molecular complexity index is 1160. The number of nitrogens with zero attached hydrogens (tertiary/aromatic N) is 1. The van der Waals surface area contributed by atoms with Crippen molar-refractivity contribution in [2.75, 3.05) is 19.0 Å². The van der Waals surface area contributed by atoms with Gasteiger partial charge in [0.15, 0.2) is 0 Å². The van der Waals surface area contributed by atoms with Crippen molar-refractivity contribution in [2.45, 2.75) is 71.7 Å². The molecule has 1 saturated carbocycles. The lowest BCUT2D eigenvalue weighted by Crippen LogP contribution is -2.54. The number of aliphatic hydroxyl groups is 1. The van der Waals surface area contributed by atoms with E-state index in [1.807, 2.05) is 39.0 Å². The molecule has 0 bridgehead atoms. The summed E-state index contributed by atoms with van der Waals surface area (Å²) in [6, 6.07) is 10.1. The number of aryl methyl sites for hydroxylation is 2. The van der Waals surface area contributed by atoms with Gasteiger partial charge in [0, 0.05) is 11.7 Å². The number of ether oxygens (including phenoxy) is 2. The van der Waals surface area contributed by atoms with Crippen molar-refractivity contribution in [2.24, 2.45) is 5.92 Å². The number of rotatable bonds is 9. The van der Waals surface area contributed by atoms with Crippen molar-refractivity contribution >= 4 is 23.6 Å². The van der Waals surface area contributed by atoms with Crippen LogP contribution in [0.1, 0.15) is 56.8 Å². The summed E-state index contributed by atoms with van der Waals surface area (Å²) in [5, 5.41) is 15.5. The summed E-state index contributed by atoms with van der Waals surface area (Å²) in [5.41, 5.74) is 2.32. The van der Waals surface area contributed by atoms with E-state index in [0.29, 0.717) is 23.4 Å². The lowest BCUT2D eigenvalue weighted by atomic mass is 9.96. The number of amides is 3. The maximum Gasteiger partial charge on any atom is 0.408 e. The van der Waals surface area contributed by atoms with E-state index in [1.165, 1.54) is 4.90 Å². The highest BCUT2D eigenvalue weighted by Gasteiger charge is 2.48. The van der Waals surface area contributed by atoms with E-state index in [1.54, 1.807) is 52.1 Å². The molecule has 2 aromatic carbocycles. The van der Waals surface area contributed by atoms with Crippen LogP contribution in [0.15, 0.2) is 42.5 Å². The van der Waals surface area contributed by atoms with Crippen LogP contribution < -0.4 is 15.4 Å². The van der Waals surface area contributed by atoms with Crippen LogP contribution in [0.3, 0.4) is 0 Å². The van der Waals surface area contributed by atoms with Gasteiger partial charge >= 0.3 is 6.09 Å². The number of alkyl carbamates (subject to hydrolysis) is 1. The van der Waals surface area contributed by atoms with Crippen molar-refractivity contribution in [1.29, 1.82) is 0 Å². The lowest BCUT2D eigenvalue weighted by molar-refractivity contribution is -0.142. The number of anilines is 1. The van der Waals surface area contributed by atoms with Gasteiger partial charge in [0.05, 0.1) is 13.7 Å². The van der Waals surface area contributed by atoms with Crippen LogP contribution in [0, 0.1) is 19.8 Å². The van der Waals surface area contributed by atoms with Crippen molar-refractivity contribution in [3.8, 4) is 5.75 Å². The number of benzene rings is 2. The summed E-state index contributed by atoms with van der Waals surface area (Å²) in [6.07, 6.45) is -0.118. The molecule has 1 fully saturated rings. The standard InChI is InChI=1S/C29H39N3O6/c1-17-8-13-22(18(2)14-17)25(26(34)30-20-9-11-21(37-7)12-10-20)32(24-15-19(24)3)27(35)23(16-33)31-28(36)38-29(4,5)6/h8-14,19,23-25,33H,15-16H2,1-7H3,(H,30,34)(H,31,36). The minimum Gasteiger partial charge on any atom is -0.497 e. The van der Waals surface area contributed by atoms with Crippen molar-refractivity contribution in [1.82, 2.24) is 10.2 Å². The summed E-state index contributed by atoms with van der Waals surface area (Å²) in [4.78, 5) is 41.8. The Labute approximate surface area is 224 Å². The Morgan fingerprint density at radius 3 is 2.24 bits per heavy atom. The summed E-state index contributed by atoms with van der Waals surface area (Å²) in [5.74, 6) is -0.149. The van der Waals surface area contributed by atoms with Gasteiger partial charge in [-0.25, -0.2) is 4.79 Å². The molecular weight excluding hydrogens is 486 g/mol. The van der Waals surface area contributed by atoms with Crippen LogP contribution in [-0.4, -0.2) is 59.3 Å². The summed E-state index contributed by atoms with van der Waals surface area (Å²) in [7, 11) is 1.56. The number of methoxy groups -OCH3 is 1. The number of carbonyl (C=O) groups is 3. The fourth-order valence-corrected chi connectivity index (χ4v) is 4.42. The minimum atomic E-state index is -1.28. The van der Waals surface area contributed by atoms with E-state index in [2.05, 4.69) is 10.6 Å². The van der Waals surface area contributed by atoms with E-state index in [4.69, 9.17) is 9.47 Å². The first-order valence-electron chi connectivity index (χ1n) is 12.8. The largest absolute Gasteiger partial charge is 0.497 e. The lowest BCUT2D eigenvalue weighted by Gasteiger charge is -2.35. The van der Waals surface area contributed by atoms with Crippen molar-refractivity contribution in [3.05, 3.63) is 59.2 Å². The molecule has 0 aromatic heterocycles.